The molecule has 1 aliphatic rings. The number of nitrogens with one attached hydrogen (secondary N) is 1. The van der Waals surface area contributed by atoms with Crippen LogP contribution in [-0.4, -0.2) is 66.8 Å². The third-order valence-corrected chi connectivity index (χ3v) is 5.22. The van der Waals surface area contributed by atoms with E-state index in [1.54, 1.807) is 18.9 Å². The van der Waals surface area contributed by atoms with E-state index in [1.165, 1.54) is 11.8 Å². The van der Waals surface area contributed by atoms with Gasteiger partial charge in [0.25, 0.3) is 0 Å². The van der Waals surface area contributed by atoms with E-state index in [-0.39, 0.29) is 42.6 Å². The second-order valence-corrected chi connectivity index (χ2v) is 7.52. The standard InChI is InChI=1S/C22H31N3O5/c1-4-30-22(29)18-10-12-25(13-11-18)21(28)15-24(3)20(27)14-19(23-16(2)26)17-8-6-5-7-9-17/h5-9,18-19H,4,10-15H2,1-3H3,(H,23,26). The summed E-state index contributed by atoms with van der Waals surface area (Å²) in [5.74, 6) is -0.976. The van der Waals surface area contributed by atoms with Gasteiger partial charge in [0.15, 0.2) is 0 Å². The summed E-state index contributed by atoms with van der Waals surface area (Å²) in [5, 5.41) is 2.80. The van der Waals surface area contributed by atoms with Crippen LogP contribution in [0.4, 0.5) is 0 Å². The predicted molar refractivity (Wildman–Crippen MR) is 111 cm³/mol. The number of nitrogens with zero attached hydrogens (tertiary/aromatic N) is 2. The number of carbonyl (C=O) groups is 4. The molecule has 1 aliphatic heterocycles. The molecule has 1 N–H and O–H groups in total. The van der Waals surface area contributed by atoms with Crippen molar-refractivity contribution in [2.45, 2.75) is 39.2 Å². The van der Waals surface area contributed by atoms with Crippen molar-refractivity contribution in [3.8, 4) is 0 Å². The van der Waals surface area contributed by atoms with Gasteiger partial charge in [-0.1, -0.05) is 30.3 Å². The first-order valence-electron chi connectivity index (χ1n) is 10.3. The van der Waals surface area contributed by atoms with Crippen LogP contribution in [0.3, 0.4) is 0 Å². The molecule has 1 unspecified atom stereocenters. The van der Waals surface area contributed by atoms with Crippen molar-refractivity contribution < 1.29 is 23.9 Å². The first-order valence-corrected chi connectivity index (χ1v) is 10.3. The SMILES string of the molecule is CCOC(=O)C1CCN(C(=O)CN(C)C(=O)CC(NC(C)=O)c2ccccc2)CC1. The van der Waals surface area contributed by atoms with Crippen molar-refractivity contribution in [1.82, 2.24) is 15.1 Å². The Hall–Kier alpha value is -2.90. The van der Waals surface area contributed by atoms with Crippen molar-refractivity contribution in [2.75, 3.05) is 33.3 Å². The molecule has 0 aliphatic carbocycles. The van der Waals surface area contributed by atoms with Crippen molar-refractivity contribution in [3.63, 3.8) is 0 Å². The lowest BCUT2D eigenvalue weighted by atomic mass is 9.97. The Labute approximate surface area is 177 Å². The molecule has 1 heterocycles. The van der Waals surface area contributed by atoms with Gasteiger partial charge in [-0.05, 0) is 25.3 Å². The highest BCUT2D eigenvalue weighted by Crippen LogP contribution is 2.20. The van der Waals surface area contributed by atoms with Crippen LogP contribution in [-0.2, 0) is 23.9 Å². The van der Waals surface area contributed by atoms with E-state index >= 15 is 0 Å². The molecule has 0 radical (unpaired) electrons. The lowest BCUT2D eigenvalue weighted by Gasteiger charge is -2.32. The fourth-order valence-corrected chi connectivity index (χ4v) is 3.53. The minimum Gasteiger partial charge on any atom is -0.466 e. The maximum Gasteiger partial charge on any atom is 0.309 e. The van der Waals surface area contributed by atoms with Gasteiger partial charge in [0.1, 0.15) is 0 Å². The molecule has 8 heteroatoms. The molecule has 1 aromatic carbocycles. The van der Waals surface area contributed by atoms with E-state index in [4.69, 9.17) is 4.74 Å². The number of esters is 1. The molecular weight excluding hydrogens is 386 g/mol. The molecule has 0 spiro atoms. The number of piperidine rings is 1. The Kier molecular flexibility index (Phi) is 8.83. The number of carbonyl (C=O) groups excluding carboxylic acids is 4. The van der Waals surface area contributed by atoms with Gasteiger partial charge in [-0.3, -0.25) is 19.2 Å². The van der Waals surface area contributed by atoms with Crippen molar-refractivity contribution in [1.29, 1.82) is 0 Å². The van der Waals surface area contributed by atoms with Gasteiger partial charge in [0.05, 0.1) is 31.5 Å². The second kappa shape index (κ2) is 11.3. The molecule has 164 valence electrons. The summed E-state index contributed by atoms with van der Waals surface area (Å²) >= 11 is 0. The monoisotopic (exact) mass is 417 g/mol. The summed E-state index contributed by atoms with van der Waals surface area (Å²) in [6.07, 6.45) is 1.21. The van der Waals surface area contributed by atoms with Crippen LogP contribution < -0.4 is 5.32 Å². The van der Waals surface area contributed by atoms with Crippen molar-refractivity contribution in [3.05, 3.63) is 35.9 Å². The third kappa shape index (κ3) is 6.86. The van der Waals surface area contributed by atoms with E-state index in [9.17, 15) is 19.2 Å². The van der Waals surface area contributed by atoms with Crippen LogP contribution >= 0.6 is 0 Å². The van der Waals surface area contributed by atoms with Crippen LogP contribution in [0.5, 0.6) is 0 Å². The Morgan fingerprint density at radius 1 is 1.17 bits per heavy atom. The molecule has 0 aromatic heterocycles. The summed E-state index contributed by atoms with van der Waals surface area (Å²) in [6, 6.07) is 8.82. The molecule has 0 bridgehead atoms. The number of rotatable bonds is 8. The molecule has 0 saturated carbocycles. The van der Waals surface area contributed by atoms with Crippen LogP contribution in [0, 0.1) is 5.92 Å². The molecule has 1 atom stereocenters. The summed E-state index contributed by atoms with van der Waals surface area (Å²) in [4.78, 5) is 51.7. The molecule has 30 heavy (non-hydrogen) atoms. The third-order valence-electron chi connectivity index (χ3n) is 5.22. The first-order chi connectivity index (χ1) is 14.3. The van der Waals surface area contributed by atoms with Gasteiger partial charge in [0.2, 0.25) is 17.7 Å². The van der Waals surface area contributed by atoms with Gasteiger partial charge < -0.3 is 19.9 Å². The number of amides is 3. The summed E-state index contributed by atoms with van der Waals surface area (Å²) in [5.41, 5.74) is 0.835. The molecule has 1 aromatic rings. The minimum atomic E-state index is -0.450. The van der Waals surface area contributed by atoms with Crippen molar-refractivity contribution in [2.24, 2.45) is 5.92 Å². The quantitative estimate of drug-likeness (QED) is 0.647. The fourth-order valence-electron chi connectivity index (χ4n) is 3.53. The molecule has 2 rings (SSSR count). The van der Waals surface area contributed by atoms with Crippen LogP contribution in [0.1, 0.15) is 44.7 Å². The zero-order valence-electron chi connectivity index (χ0n) is 17.9. The number of likely N-dealkylation sites (tertiary alicyclic amines) is 1. The summed E-state index contributed by atoms with van der Waals surface area (Å²) in [7, 11) is 1.58. The van der Waals surface area contributed by atoms with Gasteiger partial charge in [-0.2, -0.15) is 0 Å². The highest BCUT2D eigenvalue weighted by Gasteiger charge is 2.29. The lowest BCUT2D eigenvalue weighted by molar-refractivity contribution is -0.151. The average Bonchev–Trinajstić information content (AvgIpc) is 2.73. The molecule has 1 fully saturated rings. The predicted octanol–water partition coefficient (Wildman–Crippen LogP) is 1.51. The highest BCUT2D eigenvalue weighted by atomic mass is 16.5. The van der Waals surface area contributed by atoms with E-state index in [0.29, 0.717) is 32.5 Å². The number of hydrogen-bond acceptors (Lipinski definition) is 5. The molecule has 3 amide bonds. The molecule has 8 nitrogen and oxygen atoms in total. The summed E-state index contributed by atoms with van der Waals surface area (Å²) < 4.78 is 5.05. The minimum absolute atomic E-state index is 0.0372. The Balaban J connectivity index is 1.87. The van der Waals surface area contributed by atoms with E-state index in [2.05, 4.69) is 5.32 Å². The summed E-state index contributed by atoms with van der Waals surface area (Å²) in [6.45, 7) is 4.45. The Morgan fingerprint density at radius 2 is 1.80 bits per heavy atom. The Morgan fingerprint density at radius 3 is 2.37 bits per heavy atom. The zero-order valence-corrected chi connectivity index (χ0v) is 17.9. The smallest absolute Gasteiger partial charge is 0.309 e. The van der Waals surface area contributed by atoms with Crippen LogP contribution in [0.15, 0.2) is 30.3 Å². The lowest BCUT2D eigenvalue weighted by Crippen LogP contribution is -2.46. The average molecular weight is 418 g/mol. The maximum atomic E-state index is 12.7. The van der Waals surface area contributed by atoms with E-state index in [1.807, 2.05) is 30.3 Å². The number of benzene rings is 1. The molecule has 1 saturated heterocycles. The second-order valence-electron chi connectivity index (χ2n) is 7.52. The highest BCUT2D eigenvalue weighted by molar-refractivity contribution is 5.85. The topological polar surface area (TPSA) is 96.0 Å². The van der Waals surface area contributed by atoms with Gasteiger partial charge >= 0.3 is 5.97 Å². The van der Waals surface area contributed by atoms with E-state index < -0.39 is 6.04 Å². The normalized spacial score (nSPS) is 15.2. The first kappa shape index (κ1) is 23.4. The number of hydrogen-bond donors (Lipinski definition) is 1. The van der Waals surface area contributed by atoms with Crippen LogP contribution in [0.25, 0.3) is 0 Å². The van der Waals surface area contributed by atoms with Gasteiger partial charge in [0, 0.05) is 27.1 Å². The van der Waals surface area contributed by atoms with Crippen LogP contribution in [0.2, 0.25) is 0 Å². The largest absolute Gasteiger partial charge is 0.466 e. The van der Waals surface area contributed by atoms with Crippen molar-refractivity contribution >= 4 is 23.7 Å². The number of ether oxygens (including phenoxy) is 1. The molecular formula is C22H31N3O5. The number of likely N-dealkylation sites (N-methyl/N-ethyl adjacent to an activating group) is 1. The zero-order chi connectivity index (χ0) is 22.1. The Bertz CT molecular complexity index is 744. The van der Waals surface area contributed by atoms with Gasteiger partial charge in [-0.25, -0.2) is 0 Å². The van der Waals surface area contributed by atoms with Gasteiger partial charge in [-0.15, -0.1) is 0 Å². The maximum absolute atomic E-state index is 12.7. The van der Waals surface area contributed by atoms with E-state index in [0.717, 1.165) is 5.56 Å². The fraction of sp³-hybridized carbons (Fsp3) is 0.545.